The number of hydrogen-bond acceptors (Lipinski definition) is 5. The molecule has 0 aliphatic carbocycles. The molecule has 0 aliphatic rings. The lowest BCUT2D eigenvalue weighted by Crippen LogP contribution is -2.15. The summed E-state index contributed by atoms with van der Waals surface area (Å²) in [5.74, 6) is 0.560. The number of aromatic nitrogens is 4. The minimum atomic E-state index is -0.349. The summed E-state index contributed by atoms with van der Waals surface area (Å²) in [6, 6.07) is 9.49. The highest BCUT2D eigenvalue weighted by molar-refractivity contribution is 5.70. The fourth-order valence-electron chi connectivity index (χ4n) is 2.08. The number of H-pyrrole nitrogens is 2. The standard InChI is InChI=1S/C13H14N6O/c14-8(6-7-4-2-1-3-5-7)10-16-9-11(17-10)18-13(15)19-12(9)20/h1-5,8H,6,14H2,(H4,15,16,17,18,19,20). The Hall–Kier alpha value is -2.67. The molecule has 102 valence electrons. The van der Waals surface area contributed by atoms with Crippen molar-refractivity contribution in [3.05, 3.63) is 52.1 Å². The number of benzene rings is 1. The van der Waals surface area contributed by atoms with Crippen LogP contribution in [0.5, 0.6) is 0 Å². The molecular weight excluding hydrogens is 256 g/mol. The highest BCUT2D eigenvalue weighted by atomic mass is 16.1. The number of fused-ring (bicyclic) bond motifs is 1. The Morgan fingerprint density at radius 1 is 1.15 bits per heavy atom. The van der Waals surface area contributed by atoms with Crippen LogP contribution in [-0.2, 0) is 6.42 Å². The number of nitrogens with zero attached hydrogens (tertiary/aromatic N) is 2. The van der Waals surface area contributed by atoms with Crippen molar-refractivity contribution in [3.8, 4) is 0 Å². The van der Waals surface area contributed by atoms with Gasteiger partial charge in [-0.3, -0.25) is 9.78 Å². The molecule has 1 unspecified atom stereocenters. The van der Waals surface area contributed by atoms with Gasteiger partial charge in [-0.1, -0.05) is 30.3 Å². The summed E-state index contributed by atoms with van der Waals surface area (Å²) in [4.78, 5) is 25.2. The Labute approximate surface area is 114 Å². The number of rotatable bonds is 3. The lowest BCUT2D eigenvalue weighted by Gasteiger charge is -2.08. The van der Waals surface area contributed by atoms with E-state index in [1.807, 2.05) is 30.3 Å². The van der Waals surface area contributed by atoms with Gasteiger partial charge in [-0.15, -0.1) is 0 Å². The Morgan fingerprint density at radius 2 is 1.90 bits per heavy atom. The van der Waals surface area contributed by atoms with E-state index in [-0.39, 0.29) is 28.7 Å². The summed E-state index contributed by atoms with van der Waals surface area (Å²) in [5.41, 5.74) is 12.9. The van der Waals surface area contributed by atoms with E-state index in [2.05, 4.69) is 19.9 Å². The van der Waals surface area contributed by atoms with Crippen molar-refractivity contribution in [3.63, 3.8) is 0 Å². The number of nitrogen functional groups attached to an aromatic ring is 1. The molecule has 0 radical (unpaired) electrons. The number of nitrogens with two attached hydrogens (primary N) is 2. The van der Waals surface area contributed by atoms with Crippen molar-refractivity contribution in [2.45, 2.75) is 12.5 Å². The molecule has 20 heavy (non-hydrogen) atoms. The highest BCUT2D eigenvalue weighted by Crippen LogP contribution is 2.15. The van der Waals surface area contributed by atoms with E-state index < -0.39 is 0 Å². The smallest absolute Gasteiger partial charge is 0.278 e. The van der Waals surface area contributed by atoms with Crippen LogP contribution in [0, 0.1) is 0 Å². The molecule has 7 nitrogen and oxygen atoms in total. The van der Waals surface area contributed by atoms with Crippen molar-refractivity contribution >= 4 is 17.1 Å². The lowest BCUT2D eigenvalue weighted by atomic mass is 10.1. The summed E-state index contributed by atoms with van der Waals surface area (Å²) in [5, 5.41) is 0. The molecule has 2 heterocycles. The molecule has 7 heteroatoms. The fraction of sp³-hybridized carbons (Fsp3) is 0.154. The topological polar surface area (TPSA) is 126 Å². The molecule has 3 aromatic rings. The number of nitrogens with one attached hydrogen (secondary N) is 2. The predicted octanol–water partition coefficient (Wildman–Crippen LogP) is 0.471. The van der Waals surface area contributed by atoms with E-state index in [9.17, 15) is 4.79 Å². The number of aromatic amines is 2. The van der Waals surface area contributed by atoms with Crippen molar-refractivity contribution < 1.29 is 0 Å². The van der Waals surface area contributed by atoms with E-state index in [1.165, 1.54) is 0 Å². The van der Waals surface area contributed by atoms with Gasteiger partial charge in [-0.2, -0.15) is 4.98 Å². The second-order valence-electron chi connectivity index (χ2n) is 4.57. The SMILES string of the molecule is Nc1nc2nc(C(N)Cc3ccccc3)[nH]c2c(=O)[nH]1. The third kappa shape index (κ3) is 2.26. The third-order valence-electron chi connectivity index (χ3n) is 3.05. The van der Waals surface area contributed by atoms with E-state index in [4.69, 9.17) is 11.5 Å². The summed E-state index contributed by atoms with van der Waals surface area (Å²) in [7, 11) is 0. The van der Waals surface area contributed by atoms with Gasteiger partial charge < -0.3 is 16.5 Å². The first kappa shape index (κ1) is 12.4. The Morgan fingerprint density at radius 3 is 2.65 bits per heavy atom. The third-order valence-corrected chi connectivity index (χ3v) is 3.05. The van der Waals surface area contributed by atoms with Crippen LogP contribution >= 0.6 is 0 Å². The van der Waals surface area contributed by atoms with Gasteiger partial charge in [0.1, 0.15) is 5.82 Å². The minimum Gasteiger partial charge on any atom is -0.369 e. The van der Waals surface area contributed by atoms with E-state index in [1.54, 1.807) is 0 Å². The maximum absolute atomic E-state index is 11.7. The number of imidazole rings is 1. The van der Waals surface area contributed by atoms with Crippen LogP contribution in [-0.4, -0.2) is 19.9 Å². The molecule has 0 saturated carbocycles. The van der Waals surface area contributed by atoms with Gasteiger partial charge in [-0.05, 0) is 12.0 Å². The Bertz CT molecular complexity index is 791. The normalized spacial score (nSPS) is 12.7. The molecule has 0 spiro atoms. The molecule has 1 aromatic carbocycles. The van der Waals surface area contributed by atoms with Gasteiger partial charge >= 0.3 is 0 Å². The monoisotopic (exact) mass is 270 g/mol. The average Bonchev–Trinajstić information content (AvgIpc) is 2.84. The van der Waals surface area contributed by atoms with Gasteiger partial charge in [0.15, 0.2) is 11.2 Å². The van der Waals surface area contributed by atoms with Gasteiger partial charge in [0, 0.05) is 0 Å². The molecule has 0 saturated heterocycles. The van der Waals surface area contributed by atoms with Crippen LogP contribution in [0.3, 0.4) is 0 Å². The second kappa shape index (κ2) is 4.78. The van der Waals surface area contributed by atoms with Gasteiger partial charge in [0.25, 0.3) is 5.56 Å². The highest BCUT2D eigenvalue weighted by Gasteiger charge is 2.14. The van der Waals surface area contributed by atoms with Crippen molar-refractivity contribution in [1.29, 1.82) is 0 Å². The van der Waals surface area contributed by atoms with Crippen molar-refractivity contribution in [2.75, 3.05) is 5.73 Å². The largest absolute Gasteiger partial charge is 0.369 e. The van der Waals surface area contributed by atoms with Gasteiger partial charge in [-0.25, -0.2) is 4.98 Å². The van der Waals surface area contributed by atoms with E-state index >= 15 is 0 Å². The summed E-state index contributed by atoms with van der Waals surface area (Å²) in [6.07, 6.45) is 0.619. The first-order valence-corrected chi connectivity index (χ1v) is 6.18. The first-order valence-electron chi connectivity index (χ1n) is 6.18. The van der Waals surface area contributed by atoms with Gasteiger partial charge in [0.05, 0.1) is 6.04 Å². The zero-order valence-corrected chi connectivity index (χ0v) is 10.6. The lowest BCUT2D eigenvalue weighted by molar-refractivity contribution is 0.680. The summed E-state index contributed by atoms with van der Waals surface area (Å²) in [6.45, 7) is 0. The molecule has 0 aliphatic heterocycles. The first-order chi connectivity index (χ1) is 9.63. The molecule has 3 rings (SSSR count). The molecule has 0 amide bonds. The minimum absolute atomic E-state index is 0.0391. The van der Waals surface area contributed by atoms with Crippen LogP contribution in [0.25, 0.3) is 11.2 Å². The molecule has 0 bridgehead atoms. The maximum Gasteiger partial charge on any atom is 0.278 e. The molecule has 0 fully saturated rings. The average molecular weight is 270 g/mol. The van der Waals surface area contributed by atoms with Crippen LogP contribution in [0.4, 0.5) is 5.95 Å². The van der Waals surface area contributed by atoms with E-state index in [0.29, 0.717) is 12.2 Å². The van der Waals surface area contributed by atoms with E-state index in [0.717, 1.165) is 5.56 Å². The Balaban J connectivity index is 1.94. The zero-order chi connectivity index (χ0) is 14.1. The maximum atomic E-state index is 11.7. The molecule has 6 N–H and O–H groups in total. The number of hydrogen-bond donors (Lipinski definition) is 4. The zero-order valence-electron chi connectivity index (χ0n) is 10.6. The van der Waals surface area contributed by atoms with Crippen LogP contribution in [0.15, 0.2) is 35.1 Å². The van der Waals surface area contributed by atoms with Crippen molar-refractivity contribution in [2.24, 2.45) is 5.73 Å². The van der Waals surface area contributed by atoms with Crippen molar-refractivity contribution in [1.82, 2.24) is 19.9 Å². The van der Waals surface area contributed by atoms with Crippen LogP contribution in [0.2, 0.25) is 0 Å². The van der Waals surface area contributed by atoms with Crippen LogP contribution in [0.1, 0.15) is 17.4 Å². The predicted molar refractivity (Wildman–Crippen MR) is 76.0 cm³/mol. The number of anilines is 1. The molecular formula is C13H14N6O. The molecule has 2 aromatic heterocycles. The van der Waals surface area contributed by atoms with Crippen LogP contribution < -0.4 is 17.0 Å². The molecule has 1 atom stereocenters. The summed E-state index contributed by atoms with van der Waals surface area (Å²) >= 11 is 0. The Kier molecular flexibility index (Phi) is 2.96. The second-order valence-corrected chi connectivity index (χ2v) is 4.57. The van der Waals surface area contributed by atoms with Gasteiger partial charge in [0.2, 0.25) is 5.95 Å². The fourth-order valence-corrected chi connectivity index (χ4v) is 2.08. The summed E-state index contributed by atoms with van der Waals surface area (Å²) < 4.78 is 0. The quantitative estimate of drug-likeness (QED) is 0.550.